The van der Waals surface area contributed by atoms with E-state index in [1.807, 2.05) is 12.1 Å². The van der Waals surface area contributed by atoms with Crippen LogP contribution < -0.4 is 0 Å². The molecule has 1 saturated heterocycles. The summed E-state index contributed by atoms with van der Waals surface area (Å²) in [4.78, 5) is 14.0. The Morgan fingerprint density at radius 1 is 1.35 bits per heavy atom. The number of benzene rings is 1. The van der Waals surface area contributed by atoms with Gasteiger partial charge in [0.1, 0.15) is 5.75 Å². The maximum Gasteiger partial charge on any atom is 0.308 e. The largest absolute Gasteiger partial charge is 0.508 e. The lowest BCUT2D eigenvalue weighted by Crippen LogP contribution is -2.42. The molecule has 4 nitrogen and oxygen atoms in total. The van der Waals surface area contributed by atoms with Gasteiger partial charge in [0.15, 0.2) is 0 Å². The van der Waals surface area contributed by atoms with E-state index in [-0.39, 0.29) is 5.92 Å². The van der Waals surface area contributed by atoms with Crippen LogP contribution in [0.1, 0.15) is 44.1 Å². The van der Waals surface area contributed by atoms with E-state index in [0.717, 1.165) is 37.9 Å². The van der Waals surface area contributed by atoms with Crippen molar-refractivity contribution in [2.75, 3.05) is 19.6 Å². The zero-order chi connectivity index (χ0) is 18.5. The molecule has 0 amide bonds. The van der Waals surface area contributed by atoms with Crippen LogP contribution in [0.3, 0.4) is 0 Å². The molecule has 2 unspecified atom stereocenters. The third-order valence-electron chi connectivity index (χ3n) is 5.67. The van der Waals surface area contributed by atoms with Gasteiger partial charge in [-0.3, -0.25) is 4.79 Å². The van der Waals surface area contributed by atoms with Gasteiger partial charge < -0.3 is 15.1 Å². The lowest BCUT2D eigenvalue weighted by Gasteiger charge is -2.38. The molecular weight excluding hydrogens is 326 g/mol. The molecule has 1 fully saturated rings. The van der Waals surface area contributed by atoms with Crippen molar-refractivity contribution in [3.8, 4) is 5.75 Å². The van der Waals surface area contributed by atoms with Crippen LogP contribution >= 0.6 is 0 Å². The second kappa shape index (κ2) is 8.54. The maximum atomic E-state index is 11.7. The molecule has 1 aromatic carbocycles. The molecular formula is C22H29NO3. The molecule has 140 valence electrons. The number of aromatic hydroxyl groups is 1. The second-order valence-corrected chi connectivity index (χ2v) is 7.73. The van der Waals surface area contributed by atoms with Gasteiger partial charge in [-0.1, -0.05) is 42.9 Å². The normalized spacial score (nSPS) is 24.9. The van der Waals surface area contributed by atoms with Gasteiger partial charge in [-0.05, 0) is 61.8 Å². The van der Waals surface area contributed by atoms with Crippen LogP contribution in [0.15, 0.2) is 48.1 Å². The Morgan fingerprint density at radius 2 is 2.19 bits per heavy atom. The van der Waals surface area contributed by atoms with E-state index in [0.29, 0.717) is 30.6 Å². The predicted molar refractivity (Wildman–Crippen MR) is 103 cm³/mol. The Hall–Kier alpha value is -2.07. The average Bonchev–Trinajstić information content (AvgIpc) is 2.62. The number of phenolic OH excluding ortho intramolecular Hbond substituents is 1. The molecule has 0 bridgehead atoms. The number of likely N-dealkylation sites (tertiary alicyclic amines) is 1. The quantitative estimate of drug-likeness (QED) is 0.803. The van der Waals surface area contributed by atoms with Crippen LogP contribution in [0, 0.1) is 11.8 Å². The first-order valence-corrected chi connectivity index (χ1v) is 9.62. The van der Waals surface area contributed by atoms with Crippen molar-refractivity contribution in [3.63, 3.8) is 0 Å². The number of piperidine rings is 1. The number of allylic oxidation sites excluding steroid dienone is 4. The number of hydrogen-bond donors (Lipinski definition) is 2. The van der Waals surface area contributed by atoms with Crippen LogP contribution in [-0.2, 0) is 4.79 Å². The summed E-state index contributed by atoms with van der Waals surface area (Å²) < 4.78 is 0. The summed E-state index contributed by atoms with van der Waals surface area (Å²) in [5.74, 6) is 0.123. The highest BCUT2D eigenvalue weighted by Crippen LogP contribution is 2.34. The Kier molecular flexibility index (Phi) is 6.15. The molecule has 3 atom stereocenters. The van der Waals surface area contributed by atoms with Crippen molar-refractivity contribution in [1.29, 1.82) is 0 Å². The van der Waals surface area contributed by atoms with Gasteiger partial charge in [0.25, 0.3) is 0 Å². The predicted octanol–water partition coefficient (Wildman–Crippen LogP) is 4.18. The van der Waals surface area contributed by atoms with E-state index < -0.39 is 5.97 Å². The summed E-state index contributed by atoms with van der Waals surface area (Å²) in [6, 6.07) is 7.54. The van der Waals surface area contributed by atoms with E-state index in [2.05, 4.69) is 36.1 Å². The number of aliphatic carboxylic acids is 1. The minimum absolute atomic E-state index is 0.317. The van der Waals surface area contributed by atoms with Gasteiger partial charge in [-0.15, -0.1) is 0 Å². The average molecular weight is 355 g/mol. The molecule has 1 aliphatic heterocycles. The van der Waals surface area contributed by atoms with E-state index in [4.69, 9.17) is 0 Å². The molecule has 2 N–H and O–H groups in total. The molecule has 2 aliphatic rings. The monoisotopic (exact) mass is 355 g/mol. The van der Waals surface area contributed by atoms with Crippen molar-refractivity contribution < 1.29 is 15.0 Å². The number of rotatable bonds is 6. The van der Waals surface area contributed by atoms with E-state index in [1.165, 1.54) is 5.56 Å². The fourth-order valence-corrected chi connectivity index (χ4v) is 4.29. The van der Waals surface area contributed by atoms with E-state index in [1.54, 1.807) is 6.07 Å². The smallest absolute Gasteiger partial charge is 0.308 e. The van der Waals surface area contributed by atoms with Crippen molar-refractivity contribution in [3.05, 3.63) is 53.6 Å². The third kappa shape index (κ3) is 4.76. The number of carboxylic acid groups (broad SMARTS) is 1. The lowest BCUT2D eigenvalue weighted by atomic mass is 9.81. The zero-order valence-electron chi connectivity index (χ0n) is 15.5. The minimum atomic E-state index is -0.701. The van der Waals surface area contributed by atoms with Gasteiger partial charge in [0.05, 0.1) is 5.92 Å². The Morgan fingerprint density at radius 3 is 2.85 bits per heavy atom. The van der Waals surface area contributed by atoms with Gasteiger partial charge in [0.2, 0.25) is 0 Å². The van der Waals surface area contributed by atoms with Gasteiger partial charge in [-0.2, -0.15) is 0 Å². The third-order valence-corrected chi connectivity index (χ3v) is 5.67. The molecule has 0 saturated carbocycles. The molecule has 3 rings (SSSR count). The molecule has 1 heterocycles. The van der Waals surface area contributed by atoms with Gasteiger partial charge in [0, 0.05) is 13.1 Å². The highest BCUT2D eigenvalue weighted by Gasteiger charge is 2.30. The molecule has 26 heavy (non-hydrogen) atoms. The van der Waals surface area contributed by atoms with Crippen LogP contribution in [-0.4, -0.2) is 40.7 Å². The van der Waals surface area contributed by atoms with Crippen LogP contribution in [0.2, 0.25) is 0 Å². The molecule has 1 aromatic rings. The minimum Gasteiger partial charge on any atom is -0.508 e. The number of phenols is 1. The Balaban J connectivity index is 1.59. The number of carboxylic acids is 1. The highest BCUT2D eigenvalue weighted by molar-refractivity contribution is 5.70. The summed E-state index contributed by atoms with van der Waals surface area (Å²) in [7, 11) is 0. The standard InChI is InChI=1S/C22H29NO3/c1-16-14-23(11-10-21(16)18-8-5-9-20(24)13-18)15-19(22(25)26)12-17-6-3-2-4-7-17/h3,5-9,13,16,19,21,24H,2,4,10-12,14-15H2,1H3,(H,25,26)/t16?,19-,21?/m0/s1. The lowest BCUT2D eigenvalue weighted by molar-refractivity contribution is -0.142. The van der Waals surface area contributed by atoms with E-state index in [9.17, 15) is 15.0 Å². The first-order chi connectivity index (χ1) is 12.5. The first-order valence-electron chi connectivity index (χ1n) is 9.62. The number of hydrogen-bond acceptors (Lipinski definition) is 3. The van der Waals surface area contributed by atoms with Crippen molar-refractivity contribution in [1.82, 2.24) is 4.90 Å². The molecule has 1 aliphatic carbocycles. The number of nitrogens with zero attached hydrogens (tertiary/aromatic N) is 1. The van der Waals surface area contributed by atoms with Crippen LogP contribution in [0.25, 0.3) is 0 Å². The maximum absolute atomic E-state index is 11.7. The van der Waals surface area contributed by atoms with Crippen molar-refractivity contribution in [2.24, 2.45) is 11.8 Å². The SMILES string of the molecule is CC1CN(C[C@H](CC2=CCCC=C2)C(=O)O)CCC1c1cccc(O)c1. The Bertz CT molecular complexity index is 694. The van der Waals surface area contributed by atoms with Crippen LogP contribution in [0.4, 0.5) is 0 Å². The first kappa shape index (κ1) is 18.7. The summed E-state index contributed by atoms with van der Waals surface area (Å²) in [5.41, 5.74) is 2.34. The summed E-state index contributed by atoms with van der Waals surface area (Å²) in [6.07, 6.45) is 10.1. The van der Waals surface area contributed by atoms with Crippen molar-refractivity contribution in [2.45, 2.75) is 38.5 Å². The van der Waals surface area contributed by atoms with E-state index >= 15 is 0 Å². The summed E-state index contributed by atoms with van der Waals surface area (Å²) >= 11 is 0. The fourth-order valence-electron chi connectivity index (χ4n) is 4.29. The Labute approximate surface area is 155 Å². The van der Waals surface area contributed by atoms with Crippen molar-refractivity contribution >= 4 is 5.97 Å². The van der Waals surface area contributed by atoms with Gasteiger partial charge >= 0.3 is 5.97 Å². The fraction of sp³-hybridized carbons (Fsp3) is 0.500. The topological polar surface area (TPSA) is 60.8 Å². The summed E-state index contributed by atoms with van der Waals surface area (Å²) in [6.45, 7) is 4.64. The highest BCUT2D eigenvalue weighted by atomic mass is 16.4. The summed E-state index contributed by atoms with van der Waals surface area (Å²) in [5, 5.41) is 19.4. The molecule has 0 spiro atoms. The molecule has 4 heteroatoms. The van der Waals surface area contributed by atoms with Gasteiger partial charge in [-0.25, -0.2) is 0 Å². The molecule has 0 aromatic heterocycles. The number of carbonyl (C=O) groups is 1. The zero-order valence-corrected chi connectivity index (χ0v) is 15.5. The van der Waals surface area contributed by atoms with Crippen LogP contribution in [0.5, 0.6) is 5.75 Å². The molecule has 0 radical (unpaired) electrons. The second-order valence-electron chi connectivity index (χ2n) is 7.73.